The molecule has 3 nitrogen and oxygen atoms in total. The number of nitrogens with zero attached hydrogens (tertiary/aromatic N) is 1. The van der Waals surface area contributed by atoms with Gasteiger partial charge in [-0.2, -0.15) is 13.2 Å². The number of aromatic nitrogens is 1. The minimum atomic E-state index is -5.04. The van der Waals surface area contributed by atoms with Crippen molar-refractivity contribution < 1.29 is 31.5 Å². The smallest absolute Gasteiger partial charge is 0.418 e. The lowest BCUT2D eigenvalue weighted by Gasteiger charge is -2.13. The van der Waals surface area contributed by atoms with Crippen molar-refractivity contribution >= 4 is 17.6 Å². The van der Waals surface area contributed by atoms with Crippen LogP contribution in [0.25, 0.3) is 0 Å². The van der Waals surface area contributed by atoms with Gasteiger partial charge in [0, 0.05) is 0 Å². The van der Waals surface area contributed by atoms with Crippen molar-refractivity contribution in [1.29, 1.82) is 0 Å². The summed E-state index contributed by atoms with van der Waals surface area (Å²) in [6.45, 7) is 0. The number of esters is 1. The maximum absolute atomic E-state index is 12.5. The first kappa shape index (κ1) is 14.6. The second kappa shape index (κ2) is 5.05. The highest BCUT2D eigenvalue weighted by Crippen LogP contribution is 2.37. The Labute approximate surface area is 103 Å². The number of halogens is 6. The Hall–Kier alpha value is -1.44. The van der Waals surface area contributed by atoms with E-state index in [1.165, 1.54) is 0 Å². The van der Waals surface area contributed by atoms with Crippen LogP contribution in [0.1, 0.15) is 28.2 Å². The molecule has 0 spiro atoms. The van der Waals surface area contributed by atoms with Crippen LogP contribution < -0.4 is 0 Å². The van der Waals surface area contributed by atoms with Gasteiger partial charge in [-0.25, -0.2) is 18.6 Å². The molecule has 0 amide bonds. The van der Waals surface area contributed by atoms with E-state index in [9.17, 15) is 26.7 Å². The quantitative estimate of drug-likeness (QED) is 0.618. The van der Waals surface area contributed by atoms with Crippen LogP contribution in [0.15, 0.2) is 6.07 Å². The molecule has 0 N–H and O–H groups in total. The number of ether oxygens (including phenoxy) is 1. The molecule has 100 valence electrons. The summed E-state index contributed by atoms with van der Waals surface area (Å²) >= 11 is 5.38. The molecule has 1 aromatic heterocycles. The molecule has 0 bridgehead atoms. The number of carbonyl (C=O) groups is 1. The predicted octanol–water partition coefficient (Wildman–Crippen LogP) is 3.48. The van der Waals surface area contributed by atoms with Gasteiger partial charge in [-0.1, -0.05) is 11.6 Å². The van der Waals surface area contributed by atoms with E-state index in [1.807, 2.05) is 0 Å². The van der Waals surface area contributed by atoms with E-state index in [1.54, 1.807) is 0 Å². The Morgan fingerprint density at radius 2 is 2.00 bits per heavy atom. The molecule has 0 saturated heterocycles. The van der Waals surface area contributed by atoms with Crippen LogP contribution in [0.4, 0.5) is 22.0 Å². The number of alkyl halides is 5. The van der Waals surface area contributed by atoms with Crippen LogP contribution in [0.5, 0.6) is 0 Å². The third-order valence-corrected chi connectivity index (χ3v) is 2.18. The summed E-state index contributed by atoms with van der Waals surface area (Å²) in [4.78, 5) is 14.0. The minimum absolute atomic E-state index is 0.225. The molecule has 0 radical (unpaired) electrons. The van der Waals surface area contributed by atoms with Crippen LogP contribution in [0, 0.1) is 0 Å². The molecule has 1 heterocycles. The number of hydrogen-bond donors (Lipinski definition) is 0. The molecule has 9 heteroatoms. The van der Waals surface area contributed by atoms with E-state index >= 15 is 0 Å². The fourth-order valence-corrected chi connectivity index (χ4v) is 1.36. The maximum atomic E-state index is 12.5. The van der Waals surface area contributed by atoms with E-state index in [0.29, 0.717) is 0 Å². The van der Waals surface area contributed by atoms with Gasteiger partial charge in [-0.15, -0.1) is 0 Å². The van der Waals surface area contributed by atoms with Crippen molar-refractivity contribution in [2.24, 2.45) is 0 Å². The molecular formula is C9H5ClF5NO2. The lowest BCUT2D eigenvalue weighted by atomic mass is 10.1. The van der Waals surface area contributed by atoms with Gasteiger partial charge in [0.25, 0.3) is 6.43 Å². The first-order valence-corrected chi connectivity index (χ1v) is 4.70. The van der Waals surface area contributed by atoms with Crippen molar-refractivity contribution in [1.82, 2.24) is 4.98 Å². The summed E-state index contributed by atoms with van der Waals surface area (Å²) in [6.07, 6.45) is -8.54. The van der Waals surface area contributed by atoms with E-state index in [-0.39, 0.29) is 6.07 Å². The lowest BCUT2D eigenvalue weighted by molar-refractivity contribution is -0.140. The Bertz CT molecular complexity index is 475. The molecule has 0 aromatic carbocycles. The molecule has 1 rings (SSSR count). The monoisotopic (exact) mass is 289 g/mol. The van der Waals surface area contributed by atoms with Crippen LogP contribution in [0.2, 0.25) is 5.02 Å². The highest BCUT2D eigenvalue weighted by Gasteiger charge is 2.38. The molecule has 0 fully saturated rings. The van der Waals surface area contributed by atoms with E-state index in [4.69, 9.17) is 11.6 Å². The second-order valence-electron chi connectivity index (χ2n) is 3.04. The fourth-order valence-electron chi connectivity index (χ4n) is 1.14. The lowest BCUT2D eigenvalue weighted by Crippen LogP contribution is -2.15. The first-order valence-electron chi connectivity index (χ1n) is 4.32. The molecule has 1 aromatic rings. The van der Waals surface area contributed by atoms with Crippen molar-refractivity contribution in [3.63, 3.8) is 0 Å². The van der Waals surface area contributed by atoms with Crippen molar-refractivity contribution in [2.45, 2.75) is 12.6 Å². The average Bonchev–Trinajstić information content (AvgIpc) is 2.26. The normalized spacial score (nSPS) is 11.8. The summed E-state index contributed by atoms with van der Waals surface area (Å²) < 4.78 is 66.5. The van der Waals surface area contributed by atoms with Crippen LogP contribution >= 0.6 is 11.6 Å². The molecule has 0 aliphatic heterocycles. The largest absolute Gasteiger partial charge is 0.464 e. The number of carbonyl (C=O) groups excluding carboxylic acids is 1. The van der Waals surface area contributed by atoms with Gasteiger partial charge in [0.1, 0.15) is 5.69 Å². The molecule has 0 saturated carbocycles. The van der Waals surface area contributed by atoms with Gasteiger partial charge in [0.15, 0.2) is 5.69 Å². The first-order chi connectivity index (χ1) is 8.18. The standard InChI is InChI=1S/C9H5ClF5NO2/c1-18-8(17)6-4(10)2-3(9(13,14)15)5(16-6)7(11)12/h2,7H,1H3. The fraction of sp³-hybridized carbons (Fsp3) is 0.333. The summed E-state index contributed by atoms with van der Waals surface area (Å²) in [7, 11) is 0.917. The SMILES string of the molecule is COC(=O)c1nc(C(F)F)c(C(F)(F)F)cc1Cl. The summed E-state index contributed by atoms with van der Waals surface area (Å²) in [5, 5.41) is -0.710. The summed E-state index contributed by atoms with van der Waals surface area (Å²) in [5.41, 5.74) is -4.04. The number of hydrogen-bond acceptors (Lipinski definition) is 3. The van der Waals surface area contributed by atoms with Gasteiger partial charge in [0.2, 0.25) is 0 Å². The number of pyridine rings is 1. The van der Waals surface area contributed by atoms with Crippen LogP contribution in [-0.2, 0) is 10.9 Å². The van der Waals surface area contributed by atoms with E-state index in [0.717, 1.165) is 7.11 Å². The van der Waals surface area contributed by atoms with Crippen LogP contribution in [-0.4, -0.2) is 18.1 Å². The Morgan fingerprint density at radius 3 is 2.39 bits per heavy atom. The number of methoxy groups -OCH3 is 1. The van der Waals surface area contributed by atoms with Gasteiger partial charge >= 0.3 is 12.1 Å². The second-order valence-corrected chi connectivity index (χ2v) is 3.45. The Kier molecular flexibility index (Phi) is 4.10. The van der Waals surface area contributed by atoms with Gasteiger partial charge < -0.3 is 4.74 Å². The van der Waals surface area contributed by atoms with E-state index < -0.39 is 40.5 Å². The molecule has 18 heavy (non-hydrogen) atoms. The zero-order valence-corrected chi connectivity index (χ0v) is 9.44. The zero-order chi connectivity index (χ0) is 14.1. The van der Waals surface area contributed by atoms with Gasteiger partial charge in [0.05, 0.1) is 17.7 Å². The van der Waals surface area contributed by atoms with Crippen molar-refractivity contribution in [3.8, 4) is 0 Å². The zero-order valence-electron chi connectivity index (χ0n) is 8.69. The van der Waals surface area contributed by atoms with Gasteiger partial charge in [-0.05, 0) is 6.07 Å². The Morgan fingerprint density at radius 1 is 1.44 bits per heavy atom. The third-order valence-electron chi connectivity index (χ3n) is 1.90. The average molecular weight is 290 g/mol. The van der Waals surface area contributed by atoms with Crippen molar-refractivity contribution in [2.75, 3.05) is 7.11 Å². The molecule has 0 aliphatic carbocycles. The van der Waals surface area contributed by atoms with Crippen LogP contribution in [0.3, 0.4) is 0 Å². The van der Waals surface area contributed by atoms with E-state index in [2.05, 4.69) is 9.72 Å². The Balaban J connectivity index is 3.49. The predicted molar refractivity (Wildman–Crippen MR) is 50.5 cm³/mol. The molecule has 0 atom stereocenters. The molecule has 0 aliphatic rings. The minimum Gasteiger partial charge on any atom is -0.464 e. The summed E-state index contributed by atoms with van der Waals surface area (Å²) in [6, 6.07) is 0.225. The van der Waals surface area contributed by atoms with Crippen molar-refractivity contribution in [3.05, 3.63) is 28.0 Å². The number of rotatable bonds is 2. The third kappa shape index (κ3) is 2.87. The topological polar surface area (TPSA) is 39.2 Å². The highest BCUT2D eigenvalue weighted by molar-refractivity contribution is 6.33. The van der Waals surface area contributed by atoms with Gasteiger partial charge in [-0.3, -0.25) is 0 Å². The molecular weight excluding hydrogens is 285 g/mol. The summed E-state index contributed by atoms with van der Waals surface area (Å²) in [5.74, 6) is -1.20. The molecule has 0 unspecified atom stereocenters. The highest BCUT2D eigenvalue weighted by atomic mass is 35.5. The maximum Gasteiger partial charge on any atom is 0.418 e.